The average molecular weight is 278 g/mol. The summed E-state index contributed by atoms with van der Waals surface area (Å²) in [6.45, 7) is 2.13. The van der Waals surface area contributed by atoms with Crippen molar-refractivity contribution in [1.29, 1.82) is 0 Å². The fourth-order valence-electron chi connectivity index (χ4n) is 2.62. The molecule has 1 saturated heterocycles. The van der Waals surface area contributed by atoms with Gasteiger partial charge in [-0.2, -0.15) is 0 Å². The van der Waals surface area contributed by atoms with Crippen LogP contribution in [0.15, 0.2) is 18.2 Å². The van der Waals surface area contributed by atoms with Crippen molar-refractivity contribution in [1.82, 2.24) is 0 Å². The van der Waals surface area contributed by atoms with Crippen LogP contribution < -0.4 is 15.4 Å². The van der Waals surface area contributed by atoms with Gasteiger partial charge >= 0.3 is 5.97 Å². The lowest BCUT2D eigenvalue weighted by molar-refractivity contribution is -0.137. The Morgan fingerprint density at radius 1 is 1.45 bits per heavy atom. The quantitative estimate of drug-likeness (QED) is 0.834. The molecule has 0 aromatic heterocycles. The summed E-state index contributed by atoms with van der Waals surface area (Å²) in [5.74, 6) is -0.0963. The maximum atomic E-state index is 10.7. The van der Waals surface area contributed by atoms with Crippen LogP contribution in [0.25, 0.3) is 0 Å². The van der Waals surface area contributed by atoms with E-state index in [4.69, 9.17) is 15.6 Å². The summed E-state index contributed by atoms with van der Waals surface area (Å²) in [6.07, 6.45) is 2.91. The van der Waals surface area contributed by atoms with Crippen LogP contribution in [0.5, 0.6) is 5.75 Å². The van der Waals surface area contributed by atoms with E-state index in [0.717, 1.165) is 30.1 Å². The van der Waals surface area contributed by atoms with Crippen molar-refractivity contribution in [2.75, 3.05) is 25.1 Å². The molecule has 1 fully saturated rings. The van der Waals surface area contributed by atoms with Crippen molar-refractivity contribution in [2.45, 2.75) is 31.7 Å². The largest absolute Gasteiger partial charge is 0.496 e. The zero-order valence-electron chi connectivity index (χ0n) is 11.8. The summed E-state index contributed by atoms with van der Waals surface area (Å²) < 4.78 is 5.34. The first-order valence-corrected chi connectivity index (χ1v) is 7.02. The van der Waals surface area contributed by atoms with E-state index in [1.807, 2.05) is 18.2 Å². The number of rotatable bonds is 6. The molecule has 2 rings (SSSR count). The van der Waals surface area contributed by atoms with Crippen molar-refractivity contribution >= 4 is 11.7 Å². The van der Waals surface area contributed by atoms with Gasteiger partial charge in [-0.25, -0.2) is 0 Å². The molecule has 1 aliphatic rings. The lowest BCUT2D eigenvalue weighted by atomic mass is 10.0. The van der Waals surface area contributed by atoms with Crippen LogP contribution in [0.3, 0.4) is 0 Å². The predicted molar refractivity (Wildman–Crippen MR) is 78.2 cm³/mol. The van der Waals surface area contributed by atoms with E-state index in [-0.39, 0.29) is 12.5 Å². The number of nitrogens with two attached hydrogens (primary N) is 1. The molecule has 20 heavy (non-hydrogen) atoms. The Bertz CT molecular complexity index is 470. The molecular formula is C15H22N2O3. The topological polar surface area (TPSA) is 75.8 Å². The highest BCUT2D eigenvalue weighted by Gasteiger charge is 2.18. The Morgan fingerprint density at radius 2 is 2.15 bits per heavy atom. The number of carboxylic acids is 1. The molecule has 1 unspecified atom stereocenters. The standard InChI is InChI=1S/C15H22N2O3/c1-20-14-6-4-11(17-8-2-3-9-17)10-12(14)13(16)5-7-15(18)19/h4,6,10,13H,2-3,5,7-9,16H2,1H3,(H,18,19). The maximum absolute atomic E-state index is 10.7. The van der Waals surface area contributed by atoms with Gasteiger partial charge < -0.3 is 20.5 Å². The monoisotopic (exact) mass is 278 g/mol. The van der Waals surface area contributed by atoms with Crippen LogP contribution in [-0.4, -0.2) is 31.3 Å². The van der Waals surface area contributed by atoms with Crippen molar-refractivity contribution in [3.8, 4) is 5.75 Å². The Morgan fingerprint density at radius 3 is 2.75 bits per heavy atom. The minimum atomic E-state index is -0.824. The molecule has 1 atom stereocenters. The van der Waals surface area contributed by atoms with E-state index in [2.05, 4.69) is 4.90 Å². The highest BCUT2D eigenvalue weighted by molar-refractivity contribution is 5.66. The molecule has 0 spiro atoms. The van der Waals surface area contributed by atoms with Gasteiger partial charge in [-0.15, -0.1) is 0 Å². The molecule has 1 aromatic carbocycles. The summed E-state index contributed by atoms with van der Waals surface area (Å²) in [5, 5.41) is 8.77. The third-order valence-corrected chi connectivity index (χ3v) is 3.75. The van der Waals surface area contributed by atoms with Crippen molar-refractivity contribution in [3.05, 3.63) is 23.8 Å². The third kappa shape index (κ3) is 3.42. The number of benzene rings is 1. The normalized spacial score (nSPS) is 16.2. The van der Waals surface area contributed by atoms with Crippen LogP contribution in [0, 0.1) is 0 Å². The summed E-state index contributed by atoms with van der Waals surface area (Å²) in [5.41, 5.74) is 8.16. The third-order valence-electron chi connectivity index (χ3n) is 3.75. The smallest absolute Gasteiger partial charge is 0.303 e. The van der Waals surface area contributed by atoms with Gasteiger partial charge in [0.2, 0.25) is 0 Å². The van der Waals surface area contributed by atoms with Crippen LogP contribution in [0.1, 0.15) is 37.3 Å². The molecule has 5 heteroatoms. The zero-order valence-corrected chi connectivity index (χ0v) is 11.8. The van der Waals surface area contributed by atoms with Crippen LogP contribution in [0.4, 0.5) is 5.69 Å². The Balaban J connectivity index is 2.19. The highest BCUT2D eigenvalue weighted by atomic mass is 16.5. The first-order valence-electron chi connectivity index (χ1n) is 7.02. The fraction of sp³-hybridized carbons (Fsp3) is 0.533. The van der Waals surface area contributed by atoms with Crippen LogP contribution in [-0.2, 0) is 4.79 Å². The molecule has 110 valence electrons. The molecule has 1 aliphatic heterocycles. The van der Waals surface area contributed by atoms with Crippen LogP contribution in [0.2, 0.25) is 0 Å². The molecule has 0 amide bonds. The van der Waals surface area contributed by atoms with Gasteiger partial charge in [0.1, 0.15) is 5.75 Å². The van der Waals surface area contributed by atoms with Gasteiger partial charge in [-0.1, -0.05) is 0 Å². The zero-order chi connectivity index (χ0) is 14.5. The fourth-order valence-corrected chi connectivity index (χ4v) is 2.62. The second kappa shape index (κ2) is 6.61. The first kappa shape index (κ1) is 14.7. The first-order chi connectivity index (χ1) is 9.61. The minimum absolute atomic E-state index is 0.0677. The van der Waals surface area contributed by atoms with Crippen LogP contribution >= 0.6 is 0 Å². The van der Waals surface area contributed by atoms with Gasteiger partial charge in [-0.05, 0) is 37.5 Å². The van der Waals surface area contributed by atoms with E-state index >= 15 is 0 Å². The van der Waals surface area contributed by atoms with Crippen molar-refractivity contribution in [2.24, 2.45) is 5.73 Å². The number of ether oxygens (including phenoxy) is 1. The van der Waals surface area contributed by atoms with E-state index in [9.17, 15) is 4.79 Å². The number of anilines is 1. The molecule has 3 N–H and O–H groups in total. The number of carboxylic acid groups (broad SMARTS) is 1. The number of nitrogens with zero attached hydrogens (tertiary/aromatic N) is 1. The molecular weight excluding hydrogens is 256 g/mol. The molecule has 0 bridgehead atoms. The molecule has 1 heterocycles. The molecule has 5 nitrogen and oxygen atoms in total. The molecule has 0 saturated carbocycles. The molecule has 0 radical (unpaired) electrons. The predicted octanol–water partition coefficient (Wildman–Crippen LogP) is 2.16. The summed E-state index contributed by atoms with van der Waals surface area (Å²) in [7, 11) is 1.61. The number of aliphatic carboxylic acids is 1. The maximum Gasteiger partial charge on any atom is 0.303 e. The van der Waals surface area contributed by atoms with Gasteiger partial charge in [0.25, 0.3) is 0 Å². The lowest BCUT2D eigenvalue weighted by Crippen LogP contribution is -2.19. The van der Waals surface area contributed by atoms with Crippen molar-refractivity contribution in [3.63, 3.8) is 0 Å². The van der Waals surface area contributed by atoms with E-state index in [0.29, 0.717) is 6.42 Å². The van der Waals surface area contributed by atoms with Gasteiger partial charge in [0, 0.05) is 36.8 Å². The summed E-state index contributed by atoms with van der Waals surface area (Å²) >= 11 is 0. The average Bonchev–Trinajstić information content (AvgIpc) is 2.98. The summed E-state index contributed by atoms with van der Waals surface area (Å²) in [4.78, 5) is 13.0. The number of carbonyl (C=O) groups is 1. The van der Waals surface area contributed by atoms with E-state index < -0.39 is 5.97 Å². The molecule has 1 aromatic rings. The van der Waals surface area contributed by atoms with Gasteiger partial charge in [0.15, 0.2) is 0 Å². The Hall–Kier alpha value is -1.75. The van der Waals surface area contributed by atoms with E-state index in [1.165, 1.54) is 12.8 Å². The SMILES string of the molecule is COc1ccc(N2CCCC2)cc1C(N)CCC(=O)O. The summed E-state index contributed by atoms with van der Waals surface area (Å²) in [6, 6.07) is 5.68. The highest BCUT2D eigenvalue weighted by Crippen LogP contribution is 2.32. The lowest BCUT2D eigenvalue weighted by Gasteiger charge is -2.22. The molecule has 0 aliphatic carbocycles. The second-order valence-corrected chi connectivity index (χ2v) is 5.16. The Kier molecular flexibility index (Phi) is 4.84. The Labute approximate surface area is 119 Å². The van der Waals surface area contributed by atoms with Gasteiger partial charge in [-0.3, -0.25) is 4.79 Å². The second-order valence-electron chi connectivity index (χ2n) is 5.16. The number of methoxy groups -OCH3 is 1. The number of hydrogen-bond acceptors (Lipinski definition) is 4. The van der Waals surface area contributed by atoms with Gasteiger partial charge in [0.05, 0.1) is 7.11 Å². The van der Waals surface area contributed by atoms with Crippen molar-refractivity contribution < 1.29 is 14.6 Å². The number of hydrogen-bond donors (Lipinski definition) is 2. The minimum Gasteiger partial charge on any atom is -0.496 e. The van der Waals surface area contributed by atoms with E-state index in [1.54, 1.807) is 7.11 Å².